The van der Waals surface area contributed by atoms with E-state index in [2.05, 4.69) is 17.6 Å². The fraction of sp³-hybridized carbons (Fsp3) is 0.941. The van der Waals surface area contributed by atoms with Crippen LogP contribution in [0.1, 0.15) is 77.6 Å². The molecule has 1 amide bonds. The third kappa shape index (κ3) is 17.3. The van der Waals surface area contributed by atoms with E-state index < -0.39 is 0 Å². The van der Waals surface area contributed by atoms with Gasteiger partial charge in [-0.1, -0.05) is 51.9 Å². The molecule has 0 aromatic heterocycles. The Balaban J connectivity index is 3.09. The molecule has 0 saturated carbocycles. The fourth-order valence-electron chi connectivity index (χ4n) is 2.28. The zero-order valence-corrected chi connectivity index (χ0v) is 14.0. The summed E-state index contributed by atoms with van der Waals surface area (Å²) in [6.07, 6.45) is 12.3. The maximum atomic E-state index is 11.5. The highest BCUT2D eigenvalue weighted by molar-refractivity contribution is 5.75. The summed E-state index contributed by atoms with van der Waals surface area (Å²) in [7, 11) is 0. The van der Waals surface area contributed by atoms with Crippen LogP contribution >= 0.6 is 0 Å². The molecule has 0 aliphatic rings. The molecule has 3 N–H and O–H groups in total. The lowest BCUT2D eigenvalue weighted by Crippen LogP contribution is -2.32. The maximum absolute atomic E-state index is 11.5. The molecule has 0 aromatic carbocycles. The van der Waals surface area contributed by atoms with Crippen molar-refractivity contribution in [2.75, 3.05) is 26.2 Å². The van der Waals surface area contributed by atoms with E-state index in [1.165, 1.54) is 44.9 Å². The van der Waals surface area contributed by atoms with Crippen molar-refractivity contribution >= 4 is 5.91 Å². The molecular weight excluding hydrogens is 264 g/mol. The Hall–Kier alpha value is -0.610. The highest BCUT2D eigenvalue weighted by Gasteiger charge is 1.99. The first-order chi connectivity index (χ1) is 10.3. The number of aliphatic hydroxyl groups is 1. The highest BCUT2D eigenvalue weighted by Crippen LogP contribution is 2.04. The summed E-state index contributed by atoms with van der Waals surface area (Å²) < 4.78 is 0. The van der Waals surface area contributed by atoms with Gasteiger partial charge in [0.05, 0.1) is 0 Å². The molecule has 21 heavy (non-hydrogen) atoms. The van der Waals surface area contributed by atoms with E-state index in [0.717, 1.165) is 38.9 Å². The Bertz CT molecular complexity index is 223. The van der Waals surface area contributed by atoms with E-state index in [4.69, 9.17) is 5.11 Å². The summed E-state index contributed by atoms with van der Waals surface area (Å²) in [4.78, 5) is 11.5. The van der Waals surface area contributed by atoms with E-state index in [9.17, 15) is 4.79 Å². The van der Waals surface area contributed by atoms with Crippen LogP contribution in [-0.4, -0.2) is 37.3 Å². The first-order valence-corrected chi connectivity index (χ1v) is 8.89. The number of nitrogens with one attached hydrogen (secondary N) is 2. The first kappa shape index (κ1) is 20.4. The van der Waals surface area contributed by atoms with Crippen LogP contribution in [0.3, 0.4) is 0 Å². The lowest BCUT2D eigenvalue weighted by Gasteiger charge is -2.07. The van der Waals surface area contributed by atoms with Gasteiger partial charge >= 0.3 is 0 Å². The molecule has 4 heteroatoms. The molecular formula is C17H36N2O2. The Morgan fingerprint density at radius 3 is 2.19 bits per heavy atom. The van der Waals surface area contributed by atoms with Crippen molar-refractivity contribution in [1.29, 1.82) is 0 Å². The van der Waals surface area contributed by atoms with Gasteiger partial charge in [0.2, 0.25) is 5.91 Å². The molecule has 0 saturated heterocycles. The van der Waals surface area contributed by atoms with Gasteiger partial charge in [-0.05, 0) is 25.8 Å². The van der Waals surface area contributed by atoms with Gasteiger partial charge in [-0.25, -0.2) is 0 Å². The topological polar surface area (TPSA) is 61.4 Å². The van der Waals surface area contributed by atoms with Crippen LogP contribution < -0.4 is 10.6 Å². The summed E-state index contributed by atoms with van der Waals surface area (Å²) in [5, 5.41) is 15.0. The summed E-state index contributed by atoms with van der Waals surface area (Å²) in [6.45, 7) is 5.15. The molecule has 0 aliphatic heterocycles. The molecule has 0 heterocycles. The predicted molar refractivity (Wildman–Crippen MR) is 89.4 cm³/mol. The fourth-order valence-corrected chi connectivity index (χ4v) is 2.28. The van der Waals surface area contributed by atoms with Crippen LogP contribution in [0.15, 0.2) is 0 Å². The average molecular weight is 300 g/mol. The Kier molecular flexibility index (Phi) is 16.9. The number of hydrogen-bond donors (Lipinski definition) is 3. The number of carbonyl (C=O) groups is 1. The molecule has 0 aromatic rings. The molecule has 0 fully saturated rings. The van der Waals surface area contributed by atoms with Gasteiger partial charge in [0.1, 0.15) is 0 Å². The second-order valence-corrected chi connectivity index (χ2v) is 5.76. The van der Waals surface area contributed by atoms with Crippen molar-refractivity contribution in [3.05, 3.63) is 0 Å². The third-order valence-electron chi connectivity index (χ3n) is 3.64. The van der Waals surface area contributed by atoms with Crippen LogP contribution in [0.25, 0.3) is 0 Å². The van der Waals surface area contributed by atoms with Crippen molar-refractivity contribution in [3.63, 3.8) is 0 Å². The van der Waals surface area contributed by atoms with Crippen molar-refractivity contribution in [1.82, 2.24) is 10.6 Å². The van der Waals surface area contributed by atoms with Gasteiger partial charge in [0, 0.05) is 26.1 Å². The number of hydrogen-bond acceptors (Lipinski definition) is 3. The van der Waals surface area contributed by atoms with E-state index in [1.807, 2.05) is 0 Å². The van der Waals surface area contributed by atoms with Crippen LogP contribution in [0.2, 0.25) is 0 Å². The van der Waals surface area contributed by atoms with Gasteiger partial charge < -0.3 is 15.7 Å². The van der Waals surface area contributed by atoms with E-state index in [-0.39, 0.29) is 5.91 Å². The van der Waals surface area contributed by atoms with Gasteiger partial charge in [0.15, 0.2) is 0 Å². The van der Waals surface area contributed by atoms with Crippen molar-refractivity contribution in [3.8, 4) is 0 Å². The molecule has 0 aliphatic carbocycles. The monoisotopic (exact) mass is 300 g/mol. The molecule has 4 nitrogen and oxygen atoms in total. The van der Waals surface area contributed by atoms with Crippen LogP contribution in [0.5, 0.6) is 0 Å². The molecule has 0 bridgehead atoms. The zero-order chi connectivity index (χ0) is 15.6. The summed E-state index contributed by atoms with van der Waals surface area (Å²) in [6, 6.07) is 0. The minimum absolute atomic E-state index is 0.191. The van der Waals surface area contributed by atoms with Crippen molar-refractivity contribution < 1.29 is 9.90 Å². The summed E-state index contributed by atoms with van der Waals surface area (Å²) in [5.41, 5.74) is 0. The second-order valence-electron chi connectivity index (χ2n) is 5.76. The highest BCUT2D eigenvalue weighted by atomic mass is 16.2. The van der Waals surface area contributed by atoms with Crippen LogP contribution in [0.4, 0.5) is 0 Å². The number of aliphatic hydroxyl groups excluding tert-OH is 1. The largest absolute Gasteiger partial charge is 0.396 e. The number of unbranched alkanes of at least 4 members (excludes halogenated alkanes) is 8. The van der Waals surface area contributed by atoms with E-state index in [1.54, 1.807) is 0 Å². The lowest BCUT2D eigenvalue weighted by molar-refractivity contribution is -0.121. The smallest absolute Gasteiger partial charge is 0.220 e. The minimum Gasteiger partial charge on any atom is -0.396 e. The predicted octanol–water partition coefficient (Wildman–Crippen LogP) is 3.00. The lowest BCUT2D eigenvalue weighted by atomic mass is 10.1. The second kappa shape index (κ2) is 17.4. The third-order valence-corrected chi connectivity index (χ3v) is 3.64. The molecule has 0 unspecified atom stereocenters. The maximum Gasteiger partial charge on any atom is 0.220 e. The summed E-state index contributed by atoms with van der Waals surface area (Å²) >= 11 is 0. The quantitative estimate of drug-likeness (QED) is 0.384. The molecule has 0 rings (SSSR count). The Morgan fingerprint density at radius 1 is 0.810 bits per heavy atom. The van der Waals surface area contributed by atoms with Crippen molar-refractivity contribution in [2.24, 2.45) is 0 Å². The first-order valence-electron chi connectivity index (χ1n) is 8.89. The molecule has 126 valence electrons. The van der Waals surface area contributed by atoms with E-state index in [0.29, 0.717) is 13.0 Å². The Morgan fingerprint density at radius 2 is 1.48 bits per heavy atom. The van der Waals surface area contributed by atoms with Crippen molar-refractivity contribution in [2.45, 2.75) is 77.6 Å². The van der Waals surface area contributed by atoms with Gasteiger partial charge in [0.25, 0.3) is 0 Å². The van der Waals surface area contributed by atoms with Crippen LogP contribution in [-0.2, 0) is 4.79 Å². The normalized spacial score (nSPS) is 10.8. The average Bonchev–Trinajstić information content (AvgIpc) is 2.49. The molecule has 0 atom stereocenters. The Labute approximate surface area is 131 Å². The van der Waals surface area contributed by atoms with Crippen LogP contribution in [0, 0.1) is 0 Å². The van der Waals surface area contributed by atoms with Gasteiger partial charge in [-0.15, -0.1) is 0 Å². The zero-order valence-electron chi connectivity index (χ0n) is 14.0. The van der Waals surface area contributed by atoms with Gasteiger partial charge in [-0.2, -0.15) is 0 Å². The minimum atomic E-state index is 0.191. The molecule has 0 radical (unpaired) electrons. The SMILES string of the molecule is CCCCCCC(=O)NCCNCCCCCCCCO. The standard InChI is InChI=1S/C17H36N2O2/c1-2-3-4-9-12-17(21)19-15-14-18-13-10-7-5-6-8-11-16-20/h18,20H,2-16H2,1H3,(H,19,21). The number of rotatable bonds is 16. The molecule has 0 spiro atoms. The van der Waals surface area contributed by atoms with Gasteiger partial charge in [-0.3, -0.25) is 4.79 Å². The number of carbonyl (C=O) groups excluding carboxylic acids is 1. The van der Waals surface area contributed by atoms with E-state index >= 15 is 0 Å². The number of amides is 1. The summed E-state index contributed by atoms with van der Waals surface area (Å²) in [5.74, 6) is 0.191.